The number of nitrogens with zero attached hydrogens (tertiary/aromatic N) is 2. The van der Waals surface area contributed by atoms with E-state index in [0.29, 0.717) is 22.2 Å². The first kappa shape index (κ1) is 16.8. The third kappa shape index (κ3) is 3.72. The topological polar surface area (TPSA) is 100 Å². The molecule has 0 fully saturated rings. The minimum Gasteiger partial charge on any atom is -0.496 e. The Morgan fingerprint density at radius 3 is 2.84 bits per heavy atom. The van der Waals surface area contributed by atoms with Gasteiger partial charge in [0.25, 0.3) is 5.89 Å². The van der Waals surface area contributed by atoms with Crippen LogP contribution in [0.5, 0.6) is 5.75 Å². The van der Waals surface area contributed by atoms with Crippen molar-refractivity contribution in [2.45, 2.75) is 6.61 Å². The summed E-state index contributed by atoms with van der Waals surface area (Å²) < 4.78 is 15.5. The number of esters is 1. The third-order valence-electron chi connectivity index (χ3n) is 3.38. The lowest BCUT2D eigenvalue weighted by molar-refractivity contribution is 0.0431. The van der Waals surface area contributed by atoms with Crippen LogP contribution in [0.3, 0.4) is 0 Å². The number of hydrogen-bond acceptors (Lipinski definition) is 7. The molecule has 1 heterocycles. The van der Waals surface area contributed by atoms with E-state index in [1.165, 1.54) is 12.1 Å². The van der Waals surface area contributed by atoms with Gasteiger partial charge in [-0.1, -0.05) is 28.9 Å². The molecule has 0 saturated heterocycles. The van der Waals surface area contributed by atoms with Crippen LogP contribution in [-0.2, 0) is 11.3 Å². The van der Waals surface area contributed by atoms with Gasteiger partial charge in [-0.05, 0) is 30.3 Å². The lowest BCUT2D eigenvalue weighted by Crippen LogP contribution is -2.08. The van der Waals surface area contributed by atoms with Crippen LogP contribution >= 0.6 is 11.6 Å². The summed E-state index contributed by atoms with van der Waals surface area (Å²) in [4.78, 5) is 16.3. The van der Waals surface area contributed by atoms with E-state index in [2.05, 4.69) is 10.1 Å². The molecule has 3 aromatic rings. The number of rotatable bonds is 5. The highest BCUT2D eigenvalue weighted by atomic mass is 35.5. The Bertz CT molecular complexity index is 910. The highest BCUT2D eigenvalue weighted by Gasteiger charge is 2.16. The summed E-state index contributed by atoms with van der Waals surface area (Å²) in [7, 11) is 1.55. The maximum atomic E-state index is 12.1. The highest BCUT2D eigenvalue weighted by Crippen LogP contribution is 2.27. The largest absolute Gasteiger partial charge is 0.496 e. The van der Waals surface area contributed by atoms with Crippen molar-refractivity contribution >= 4 is 23.3 Å². The number of carbonyl (C=O) groups excluding carboxylic acids is 1. The molecule has 0 aliphatic heterocycles. The maximum absolute atomic E-state index is 12.1. The lowest BCUT2D eigenvalue weighted by atomic mass is 10.2. The molecule has 0 radical (unpaired) electrons. The standard InChI is InChI=1S/C17H14ClN3O4/c1-23-14-5-3-2-4-12(14)16-20-15(25-21-16)9-24-17(22)11-7-6-10(18)8-13(11)19/h2-8H,9,19H2,1H3. The number of nitrogen functional groups attached to an aromatic ring is 1. The average Bonchev–Trinajstić information content (AvgIpc) is 3.08. The van der Waals surface area contributed by atoms with E-state index in [1.807, 2.05) is 12.1 Å². The summed E-state index contributed by atoms with van der Waals surface area (Å²) in [6.45, 7) is -0.178. The minimum absolute atomic E-state index is 0.154. The number of nitrogens with two attached hydrogens (primary N) is 1. The molecule has 0 saturated carbocycles. The van der Waals surface area contributed by atoms with Gasteiger partial charge in [0.15, 0.2) is 6.61 Å². The molecule has 2 aromatic carbocycles. The van der Waals surface area contributed by atoms with Crippen LogP contribution in [0, 0.1) is 0 Å². The van der Waals surface area contributed by atoms with Gasteiger partial charge in [-0.15, -0.1) is 0 Å². The van der Waals surface area contributed by atoms with Crippen LogP contribution in [0.25, 0.3) is 11.4 Å². The SMILES string of the molecule is COc1ccccc1-c1noc(COC(=O)c2ccc(Cl)cc2N)n1. The van der Waals surface area contributed by atoms with Gasteiger partial charge in [0.1, 0.15) is 5.75 Å². The van der Waals surface area contributed by atoms with E-state index in [1.54, 1.807) is 25.3 Å². The normalized spacial score (nSPS) is 10.5. The number of methoxy groups -OCH3 is 1. The van der Waals surface area contributed by atoms with E-state index in [9.17, 15) is 4.79 Å². The van der Waals surface area contributed by atoms with Crippen molar-refractivity contribution in [1.82, 2.24) is 10.1 Å². The number of hydrogen-bond donors (Lipinski definition) is 1. The number of anilines is 1. The summed E-state index contributed by atoms with van der Waals surface area (Å²) in [5.74, 6) is 0.503. The number of ether oxygens (including phenoxy) is 2. The zero-order valence-corrected chi connectivity index (χ0v) is 14.0. The van der Waals surface area contributed by atoms with Crippen LogP contribution in [-0.4, -0.2) is 23.2 Å². The highest BCUT2D eigenvalue weighted by molar-refractivity contribution is 6.31. The van der Waals surface area contributed by atoms with Crippen molar-refractivity contribution in [1.29, 1.82) is 0 Å². The smallest absolute Gasteiger partial charge is 0.340 e. The van der Waals surface area contributed by atoms with Crippen molar-refractivity contribution in [3.05, 3.63) is 58.9 Å². The van der Waals surface area contributed by atoms with Gasteiger partial charge >= 0.3 is 5.97 Å². The van der Waals surface area contributed by atoms with Crippen LogP contribution in [0.1, 0.15) is 16.2 Å². The van der Waals surface area contributed by atoms with Crippen LogP contribution in [0.15, 0.2) is 47.0 Å². The number of aromatic nitrogens is 2. The zero-order valence-electron chi connectivity index (χ0n) is 13.2. The molecule has 8 heteroatoms. The number of para-hydroxylation sites is 1. The quantitative estimate of drug-likeness (QED) is 0.550. The summed E-state index contributed by atoms with van der Waals surface area (Å²) in [5.41, 5.74) is 6.88. The predicted molar refractivity (Wildman–Crippen MR) is 91.3 cm³/mol. The van der Waals surface area contributed by atoms with Gasteiger partial charge in [-0.2, -0.15) is 4.98 Å². The minimum atomic E-state index is -0.605. The Labute approximate surface area is 148 Å². The summed E-state index contributed by atoms with van der Waals surface area (Å²) >= 11 is 5.80. The number of carbonyl (C=O) groups is 1. The summed E-state index contributed by atoms with van der Waals surface area (Å²) in [6, 6.07) is 11.8. The van der Waals surface area contributed by atoms with Gasteiger partial charge in [0.05, 0.1) is 18.2 Å². The summed E-state index contributed by atoms with van der Waals surface area (Å²) in [6.07, 6.45) is 0. The van der Waals surface area contributed by atoms with Crippen molar-refractivity contribution in [2.24, 2.45) is 0 Å². The molecule has 0 aliphatic rings. The van der Waals surface area contributed by atoms with Crippen LogP contribution in [0.4, 0.5) is 5.69 Å². The molecule has 1 aromatic heterocycles. The molecule has 0 atom stereocenters. The number of benzene rings is 2. The molecule has 3 rings (SSSR count). The molecule has 0 aliphatic carbocycles. The van der Waals surface area contributed by atoms with Gasteiger partial charge in [-0.3, -0.25) is 0 Å². The molecule has 0 amide bonds. The van der Waals surface area contributed by atoms with Crippen molar-refractivity contribution in [2.75, 3.05) is 12.8 Å². The first-order valence-corrected chi connectivity index (χ1v) is 7.64. The van der Waals surface area contributed by atoms with Gasteiger partial charge < -0.3 is 19.7 Å². The predicted octanol–water partition coefficient (Wildman–Crippen LogP) is 3.34. The van der Waals surface area contributed by atoms with E-state index < -0.39 is 5.97 Å². The monoisotopic (exact) mass is 359 g/mol. The third-order valence-corrected chi connectivity index (χ3v) is 3.61. The fraction of sp³-hybridized carbons (Fsp3) is 0.118. The van der Waals surface area contributed by atoms with Gasteiger partial charge in [-0.25, -0.2) is 4.79 Å². The van der Waals surface area contributed by atoms with Crippen molar-refractivity contribution in [3.8, 4) is 17.1 Å². The molecule has 0 spiro atoms. The summed E-state index contributed by atoms with van der Waals surface area (Å²) in [5, 5.41) is 4.31. The Morgan fingerprint density at radius 2 is 2.08 bits per heavy atom. The van der Waals surface area contributed by atoms with E-state index in [0.717, 1.165) is 0 Å². The fourth-order valence-electron chi connectivity index (χ4n) is 2.18. The second kappa shape index (κ2) is 7.23. The molecular weight excluding hydrogens is 346 g/mol. The van der Waals surface area contributed by atoms with Crippen molar-refractivity contribution in [3.63, 3.8) is 0 Å². The Balaban J connectivity index is 1.70. The number of halogens is 1. The van der Waals surface area contributed by atoms with E-state index >= 15 is 0 Å². The maximum Gasteiger partial charge on any atom is 0.340 e. The Morgan fingerprint density at radius 1 is 1.28 bits per heavy atom. The molecular formula is C17H14ClN3O4. The fourth-order valence-corrected chi connectivity index (χ4v) is 2.36. The lowest BCUT2D eigenvalue weighted by Gasteiger charge is -2.05. The zero-order chi connectivity index (χ0) is 17.8. The van der Waals surface area contributed by atoms with Crippen LogP contribution < -0.4 is 10.5 Å². The second-order valence-electron chi connectivity index (χ2n) is 5.02. The van der Waals surface area contributed by atoms with Gasteiger partial charge in [0, 0.05) is 10.7 Å². The Hall–Kier alpha value is -3.06. The second-order valence-corrected chi connectivity index (χ2v) is 5.46. The van der Waals surface area contributed by atoms with Gasteiger partial charge in [0.2, 0.25) is 5.82 Å². The van der Waals surface area contributed by atoms with Crippen molar-refractivity contribution < 1.29 is 18.8 Å². The first-order chi connectivity index (χ1) is 12.1. The molecule has 128 valence electrons. The van der Waals surface area contributed by atoms with Crippen LogP contribution in [0.2, 0.25) is 5.02 Å². The molecule has 0 unspecified atom stereocenters. The average molecular weight is 360 g/mol. The van der Waals surface area contributed by atoms with E-state index in [4.69, 9.17) is 31.3 Å². The molecule has 25 heavy (non-hydrogen) atoms. The van der Waals surface area contributed by atoms with E-state index in [-0.39, 0.29) is 23.7 Å². The molecule has 2 N–H and O–H groups in total. The first-order valence-electron chi connectivity index (χ1n) is 7.26. The molecule has 7 nitrogen and oxygen atoms in total. The Kier molecular flexibility index (Phi) is 4.85. The molecule has 0 bridgehead atoms.